The first-order valence-corrected chi connectivity index (χ1v) is 11.3. The number of fused-ring (bicyclic) bond motifs is 1. The van der Waals surface area contributed by atoms with Crippen molar-refractivity contribution < 1.29 is 9.59 Å². The molecule has 1 heterocycles. The molecular formula is C28H28N4O2. The van der Waals surface area contributed by atoms with Crippen molar-refractivity contribution in [3.05, 3.63) is 108 Å². The highest BCUT2D eigenvalue weighted by molar-refractivity contribution is 5.92. The van der Waals surface area contributed by atoms with E-state index in [9.17, 15) is 9.59 Å². The van der Waals surface area contributed by atoms with E-state index >= 15 is 0 Å². The number of rotatable bonds is 8. The van der Waals surface area contributed by atoms with Gasteiger partial charge in [-0.15, -0.1) is 0 Å². The minimum atomic E-state index is -0.730. The second-order valence-corrected chi connectivity index (χ2v) is 8.35. The van der Waals surface area contributed by atoms with Crippen molar-refractivity contribution in [3.8, 4) is 0 Å². The van der Waals surface area contributed by atoms with Gasteiger partial charge in [0.15, 0.2) is 0 Å². The van der Waals surface area contributed by atoms with Crippen LogP contribution in [0.15, 0.2) is 91.1 Å². The highest BCUT2D eigenvalue weighted by Crippen LogP contribution is 2.21. The number of nitrogens with one attached hydrogen (secondary N) is 2. The molecule has 0 fully saturated rings. The van der Waals surface area contributed by atoms with Crippen molar-refractivity contribution in [3.63, 3.8) is 0 Å². The van der Waals surface area contributed by atoms with Crippen LogP contribution in [0.2, 0.25) is 0 Å². The number of anilines is 1. The number of aromatic nitrogens is 1. The topological polar surface area (TPSA) is 97.1 Å². The highest BCUT2D eigenvalue weighted by Gasteiger charge is 2.25. The minimum absolute atomic E-state index is 0.194. The molecule has 0 aliphatic carbocycles. The number of amides is 2. The Kier molecular flexibility index (Phi) is 7.18. The van der Waals surface area contributed by atoms with Crippen LogP contribution in [0, 0.1) is 0 Å². The molecule has 6 nitrogen and oxygen atoms in total. The quantitative estimate of drug-likeness (QED) is 0.377. The van der Waals surface area contributed by atoms with Crippen molar-refractivity contribution in [2.45, 2.75) is 31.8 Å². The lowest BCUT2D eigenvalue weighted by Gasteiger charge is -2.22. The highest BCUT2D eigenvalue weighted by atomic mass is 16.2. The molecule has 4 N–H and O–H groups in total. The molecule has 0 saturated carbocycles. The first-order chi connectivity index (χ1) is 16.5. The fourth-order valence-corrected chi connectivity index (χ4v) is 3.94. The van der Waals surface area contributed by atoms with Crippen molar-refractivity contribution in [2.75, 3.05) is 5.73 Å². The third kappa shape index (κ3) is 5.59. The maximum atomic E-state index is 13.2. The molecule has 4 rings (SSSR count). The first-order valence-electron chi connectivity index (χ1n) is 11.3. The maximum Gasteiger partial charge on any atom is 0.243 e. The number of hydrogen-bond donors (Lipinski definition) is 3. The van der Waals surface area contributed by atoms with E-state index in [-0.39, 0.29) is 17.7 Å². The summed E-state index contributed by atoms with van der Waals surface area (Å²) in [4.78, 5) is 30.4. The van der Waals surface area contributed by atoms with Crippen molar-refractivity contribution in [1.29, 1.82) is 0 Å². The van der Waals surface area contributed by atoms with Crippen LogP contribution in [0.5, 0.6) is 0 Å². The SMILES string of the molecule is C[C@H](C(=O)N[C@H](Cc1cccc2ccccc12)C(=O)NCc1ccc(N)nc1)c1ccccc1. The van der Waals surface area contributed by atoms with Gasteiger partial charge in [-0.1, -0.05) is 78.9 Å². The van der Waals surface area contributed by atoms with Gasteiger partial charge in [0.25, 0.3) is 0 Å². The molecule has 0 saturated heterocycles. The van der Waals surface area contributed by atoms with E-state index in [1.54, 1.807) is 12.3 Å². The summed E-state index contributed by atoms with van der Waals surface area (Å²) < 4.78 is 0. The molecule has 2 amide bonds. The molecule has 172 valence electrons. The van der Waals surface area contributed by atoms with Crippen molar-refractivity contribution in [2.24, 2.45) is 0 Å². The molecular weight excluding hydrogens is 424 g/mol. The number of pyridine rings is 1. The van der Waals surface area contributed by atoms with Gasteiger partial charge in [0.05, 0.1) is 5.92 Å². The lowest BCUT2D eigenvalue weighted by Crippen LogP contribution is -2.48. The predicted molar refractivity (Wildman–Crippen MR) is 135 cm³/mol. The summed E-state index contributed by atoms with van der Waals surface area (Å²) >= 11 is 0. The van der Waals surface area contributed by atoms with E-state index < -0.39 is 6.04 Å². The van der Waals surface area contributed by atoms with E-state index in [1.165, 1.54) is 0 Å². The van der Waals surface area contributed by atoms with Gasteiger partial charge in [0, 0.05) is 19.2 Å². The Bertz CT molecular complexity index is 1270. The second kappa shape index (κ2) is 10.6. The van der Waals surface area contributed by atoms with Crippen LogP contribution < -0.4 is 16.4 Å². The summed E-state index contributed by atoms with van der Waals surface area (Å²) in [5.74, 6) is -0.407. The van der Waals surface area contributed by atoms with Crippen LogP contribution in [0.25, 0.3) is 10.8 Å². The summed E-state index contributed by atoms with van der Waals surface area (Å²) in [5, 5.41) is 8.08. The van der Waals surface area contributed by atoms with Crippen molar-refractivity contribution in [1.82, 2.24) is 15.6 Å². The molecule has 1 aromatic heterocycles. The van der Waals surface area contributed by atoms with Gasteiger partial charge in [-0.05, 0) is 40.5 Å². The van der Waals surface area contributed by atoms with E-state index in [0.717, 1.165) is 27.5 Å². The van der Waals surface area contributed by atoms with Crippen LogP contribution in [0.4, 0.5) is 5.82 Å². The zero-order valence-electron chi connectivity index (χ0n) is 19.1. The lowest BCUT2D eigenvalue weighted by atomic mass is 9.96. The Morgan fingerprint density at radius 1 is 0.882 bits per heavy atom. The van der Waals surface area contributed by atoms with Gasteiger partial charge in [0.1, 0.15) is 11.9 Å². The first kappa shape index (κ1) is 23.0. The van der Waals surface area contributed by atoms with Gasteiger partial charge in [0.2, 0.25) is 11.8 Å². The van der Waals surface area contributed by atoms with Crippen LogP contribution in [0.3, 0.4) is 0 Å². The van der Waals surface area contributed by atoms with E-state index in [4.69, 9.17) is 5.73 Å². The number of nitrogens with zero attached hydrogens (tertiary/aromatic N) is 1. The largest absolute Gasteiger partial charge is 0.384 e. The number of carbonyl (C=O) groups is 2. The lowest BCUT2D eigenvalue weighted by molar-refractivity contribution is -0.129. The second-order valence-electron chi connectivity index (χ2n) is 8.35. The van der Waals surface area contributed by atoms with E-state index in [1.807, 2.05) is 85.8 Å². The summed E-state index contributed by atoms with van der Waals surface area (Å²) in [6.45, 7) is 2.14. The molecule has 4 aromatic rings. The van der Waals surface area contributed by atoms with Crippen LogP contribution in [0.1, 0.15) is 29.5 Å². The average Bonchev–Trinajstić information content (AvgIpc) is 2.88. The molecule has 3 aromatic carbocycles. The van der Waals surface area contributed by atoms with Gasteiger partial charge < -0.3 is 16.4 Å². The van der Waals surface area contributed by atoms with E-state index in [2.05, 4.69) is 15.6 Å². The molecule has 0 aliphatic rings. The number of hydrogen-bond acceptors (Lipinski definition) is 4. The molecule has 0 bridgehead atoms. The number of benzene rings is 3. The molecule has 0 unspecified atom stereocenters. The molecule has 2 atom stereocenters. The molecule has 6 heteroatoms. The summed E-state index contributed by atoms with van der Waals surface area (Å²) in [6, 6.07) is 26.4. The average molecular weight is 453 g/mol. The maximum absolute atomic E-state index is 13.2. The fraction of sp³-hybridized carbons (Fsp3) is 0.179. The zero-order valence-corrected chi connectivity index (χ0v) is 19.1. The van der Waals surface area contributed by atoms with Crippen LogP contribution >= 0.6 is 0 Å². The molecule has 34 heavy (non-hydrogen) atoms. The smallest absolute Gasteiger partial charge is 0.243 e. The minimum Gasteiger partial charge on any atom is -0.384 e. The summed E-state index contributed by atoms with van der Waals surface area (Å²) in [5.41, 5.74) is 8.38. The molecule has 0 radical (unpaired) electrons. The molecule has 0 aliphatic heterocycles. The molecule has 0 spiro atoms. The van der Waals surface area contributed by atoms with Crippen LogP contribution in [-0.2, 0) is 22.6 Å². The Morgan fingerprint density at radius 3 is 2.38 bits per heavy atom. The third-order valence-electron chi connectivity index (χ3n) is 5.94. The van der Waals surface area contributed by atoms with Gasteiger partial charge in [-0.3, -0.25) is 9.59 Å². The number of carbonyl (C=O) groups excluding carboxylic acids is 2. The predicted octanol–water partition coefficient (Wildman–Crippen LogP) is 3.96. The Labute approximate surface area is 199 Å². The van der Waals surface area contributed by atoms with E-state index in [0.29, 0.717) is 18.8 Å². The number of nitrogens with two attached hydrogens (primary N) is 1. The Balaban J connectivity index is 1.55. The fourth-order valence-electron chi connectivity index (χ4n) is 3.94. The Hall–Kier alpha value is -4.19. The van der Waals surface area contributed by atoms with Crippen LogP contribution in [-0.4, -0.2) is 22.8 Å². The van der Waals surface area contributed by atoms with Gasteiger partial charge in [-0.25, -0.2) is 4.98 Å². The number of nitrogen functional groups attached to an aromatic ring is 1. The van der Waals surface area contributed by atoms with Gasteiger partial charge >= 0.3 is 0 Å². The standard InChI is InChI=1S/C28H28N4O2/c1-19(21-8-3-2-4-9-21)27(33)32-25(28(34)31-18-20-14-15-26(29)30-17-20)16-23-12-7-11-22-10-5-6-13-24(22)23/h2-15,17,19,25H,16,18H2,1H3,(H2,29,30)(H,31,34)(H,32,33)/t19-,25+/m0/s1. The van der Waals surface area contributed by atoms with Gasteiger partial charge in [-0.2, -0.15) is 0 Å². The normalized spacial score (nSPS) is 12.6. The third-order valence-corrected chi connectivity index (χ3v) is 5.94. The monoisotopic (exact) mass is 452 g/mol. The van der Waals surface area contributed by atoms with Crippen molar-refractivity contribution >= 4 is 28.4 Å². The zero-order chi connectivity index (χ0) is 23.9. The Morgan fingerprint density at radius 2 is 1.62 bits per heavy atom. The summed E-state index contributed by atoms with van der Waals surface area (Å²) in [6.07, 6.45) is 2.01. The summed E-state index contributed by atoms with van der Waals surface area (Å²) in [7, 11) is 0.